The largest absolute Gasteiger partial charge is 0.497 e. The average molecular weight is 1460 g/mol. The van der Waals surface area contributed by atoms with Gasteiger partial charge in [-0.1, -0.05) is 29.8 Å². The van der Waals surface area contributed by atoms with Crippen LogP contribution in [0.25, 0.3) is 67.5 Å². The van der Waals surface area contributed by atoms with E-state index in [1.165, 1.54) is 56.1 Å². The summed E-state index contributed by atoms with van der Waals surface area (Å²) < 4.78 is 94.1. The Morgan fingerprint density at radius 1 is 0.425 bits per heavy atom. The van der Waals surface area contributed by atoms with E-state index in [0.717, 1.165) is 28.9 Å². The second kappa shape index (κ2) is 30.2. The molecule has 6 amide bonds. The van der Waals surface area contributed by atoms with E-state index < -0.39 is 35.2 Å². The summed E-state index contributed by atoms with van der Waals surface area (Å²) in [6, 6.07) is 36.3. The molecular weight excluding hydrogens is 1400 g/mol. The van der Waals surface area contributed by atoms with Crippen LogP contribution in [0.1, 0.15) is 26.3 Å². The second-order valence-corrected chi connectivity index (χ2v) is 24.6. The molecule has 12 aromatic rings. The van der Waals surface area contributed by atoms with Crippen LogP contribution >= 0.6 is 11.6 Å². The minimum atomic E-state index is -4.48. The first-order chi connectivity index (χ1) is 51.1. The van der Waals surface area contributed by atoms with E-state index in [1.807, 2.05) is 45.3 Å². The Hall–Kier alpha value is -12.9. The molecule has 0 bridgehead atoms. The first-order valence-electron chi connectivity index (χ1n) is 33.3. The second-order valence-electron chi connectivity index (χ2n) is 24.1. The number of carbonyl (C=O) groups excluding carboxylic acids is 3. The number of ether oxygens (including phenoxy) is 1. The number of aromatic nitrogens is 12. The van der Waals surface area contributed by atoms with E-state index >= 15 is 0 Å². The van der Waals surface area contributed by atoms with Crippen molar-refractivity contribution in [2.75, 3.05) is 93.0 Å². The zero-order chi connectivity index (χ0) is 74.7. The third-order valence-electron chi connectivity index (χ3n) is 17.7. The Morgan fingerprint density at radius 2 is 0.726 bits per heavy atom. The minimum absolute atomic E-state index is 0.0503. The van der Waals surface area contributed by atoms with Gasteiger partial charge in [-0.3, -0.25) is 43.4 Å². The lowest BCUT2D eigenvalue weighted by molar-refractivity contribution is -0.137. The lowest BCUT2D eigenvalue weighted by Crippen LogP contribution is -2.32. The fourth-order valence-electron chi connectivity index (χ4n) is 12.3. The van der Waals surface area contributed by atoms with Crippen molar-refractivity contribution in [2.24, 2.45) is 0 Å². The van der Waals surface area contributed by atoms with Crippen molar-refractivity contribution in [3.05, 3.63) is 211 Å². The number of benzene rings is 6. The number of carbonyl (C=O) groups is 3. The SMILES string of the molecule is CCn1cc(-c2ccc(F)c(N3CCN(c4ccc(C(F)(F)F)cc4)C3=O)c2)c(-c2ccnc(N)n2)n1.CCn1cc(-c2ccc(F)c(N3CCN(c4ccc(Cl)cc4)C3=O)c2)c(-c2ccnc(N)n2)n1.CCn1cc(-c2ccc(F)c(N3CCN(c4ccc(OC)cc4)C3=O)c2)c(-c2ccnc(N)n2)n1. The number of anilines is 9. The van der Waals surface area contributed by atoms with Crippen molar-refractivity contribution in [3.8, 4) is 73.3 Å². The van der Waals surface area contributed by atoms with Crippen LogP contribution < -0.4 is 51.3 Å². The third-order valence-corrected chi connectivity index (χ3v) is 18.0. The van der Waals surface area contributed by atoms with Gasteiger partial charge in [0.15, 0.2) is 0 Å². The summed E-state index contributed by atoms with van der Waals surface area (Å²) in [4.78, 5) is 72.9. The summed E-state index contributed by atoms with van der Waals surface area (Å²) in [5.41, 5.74) is 26.2. The van der Waals surface area contributed by atoms with Gasteiger partial charge in [-0.15, -0.1) is 0 Å². The Morgan fingerprint density at radius 3 is 1.02 bits per heavy atom. The number of nitrogens with zero attached hydrogens (tertiary/aromatic N) is 18. The van der Waals surface area contributed by atoms with E-state index in [9.17, 15) is 40.7 Å². The molecule has 540 valence electrons. The van der Waals surface area contributed by atoms with E-state index in [-0.39, 0.29) is 60.1 Å². The smallest absolute Gasteiger partial charge is 0.416 e. The van der Waals surface area contributed by atoms with Crippen LogP contribution in [0, 0.1) is 17.5 Å². The summed E-state index contributed by atoms with van der Waals surface area (Å²) in [5, 5.41) is 14.4. The number of rotatable bonds is 16. The van der Waals surface area contributed by atoms with E-state index in [0.29, 0.717) is 124 Å². The van der Waals surface area contributed by atoms with E-state index in [1.54, 1.807) is 141 Å². The van der Waals surface area contributed by atoms with Crippen molar-refractivity contribution in [1.29, 1.82) is 0 Å². The van der Waals surface area contributed by atoms with Crippen LogP contribution in [0.5, 0.6) is 5.75 Å². The summed E-state index contributed by atoms with van der Waals surface area (Å²) >= 11 is 5.97. The lowest BCUT2D eigenvalue weighted by Gasteiger charge is -2.20. The highest BCUT2D eigenvalue weighted by atomic mass is 35.5. The van der Waals surface area contributed by atoms with Crippen molar-refractivity contribution in [1.82, 2.24) is 59.2 Å². The average Bonchev–Trinajstić information content (AvgIpc) is 1.63. The summed E-state index contributed by atoms with van der Waals surface area (Å²) in [5.74, 6) is -0.507. The van der Waals surface area contributed by atoms with Crippen molar-refractivity contribution in [3.63, 3.8) is 0 Å². The van der Waals surface area contributed by atoms with Gasteiger partial charge in [-0.25, -0.2) is 57.5 Å². The quantitative estimate of drug-likeness (QED) is 0.0758. The number of urea groups is 3. The van der Waals surface area contributed by atoms with E-state index in [4.69, 9.17) is 33.5 Å². The predicted octanol–water partition coefficient (Wildman–Crippen LogP) is 14.3. The molecule has 0 aliphatic carbocycles. The van der Waals surface area contributed by atoms with Gasteiger partial charge in [-0.05, 0) is 165 Å². The Kier molecular flexibility index (Phi) is 20.3. The normalized spacial score (nSPS) is 13.7. The fourth-order valence-corrected chi connectivity index (χ4v) is 12.5. The zero-order valence-electron chi connectivity index (χ0n) is 57.2. The highest BCUT2D eigenvalue weighted by Crippen LogP contribution is 2.41. The van der Waals surface area contributed by atoms with Crippen LogP contribution in [-0.2, 0) is 25.8 Å². The van der Waals surface area contributed by atoms with Crippen LogP contribution in [-0.4, -0.2) is 124 Å². The maximum absolute atomic E-state index is 15.0. The number of hydrogen-bond donors (Lipinski definition) is 3. The molecule has 25 nitrogen and oxygen atoms in total. The number of aryl methyl sites for hydroxylation is 3. The molecule has 0 saturated carbocycles. The van der Waals surface area contributed by atoms with Crippen LogP contribution in [0.4, 0.5) is 92.7 Å². The Balaban J connectivity index is 0.000000141. The van der Waals surface area contributed by atoms with Crippen molar-refractivity contribution < 1.29 is 45.5 Å². The van der Waals surface area contributed by atoms with Gasteiger partial charge < -0.3 is 21.9 Å². The molecule has 3 aliphatic heterocycles. The van der Waals surface area contributed by atoms with Gasteiger partial charge in [0.25, 0.3) is 0 Å². The van der Waals surface area contributed by atoms with E-state index in [2.05, 4.69) is 45.2 Å². The minimum Gasteiger partial charge on any atom is -0.497 e. The molecule has 106 heavy (non-hydrogen) atoms. The molecule has 0 radical (unpaired) electrons. The standard InChI is InChI=1S/C25H21F4N7O.C25H24FN7O2.C24H21ClFN7O/c1-2-34-14-18(22(33-34)20-9-10-31-23(30)32-20)15-3-8-19(26)21(13-15)36-12-11-35(24(36)37)17-6-4-16(5-7-17)25(27,28)29;1-3-31-15-19(23(30-31)21-10-11-28-24(27)29-21)16-4-9-20(26)22(14-16)33-13-12-32(25(33)34)17-5-7-18(35-2)8-6-17;1-2-31-14-18(22(30-31)20-9-10-28-23(27)29-20)15-3-8-19(26)21(13-15)33-12-11-32(24(33)34)17-6-4-16(25)5-7-17/h3-10,13-14H,2,11-12H2,1H3,(H2,30,31,32);4-11,14-15H,3,12-13H2,1-2H3,(H2,27,28,29);3-10,13-14H,2,11-12H2,1H3,(H2,27,28,29). The van der Waals surface area contributed by atoms with Crippen LogP contribution in [0.15, 0.2) is 183 Å². The maximum atomic E-state index is 15.0. The molecular formula is C74H66ClF6N21O4. The molecule has 3 saturated heterocycles. The zero-order valence-corrected chi connectivity index (χ0v) is 58.0. The molecule has 9 heterocycles. The first-order valence-corrected chi connectivity index (χ1v) is 33.7. The Bertz CT molecular complexity index is 5250. The number of halogens is 7. The number of nitrogen functional groups attached to an aromatic ring is 3. The summed E-state index contributed by atoms with van der Waals surface area (Å²) in [6.07, 6.45) is 5.71. The Labute approximate surface area is 607 Å². The van der Waals surface area contributed by atoms with Gasteiger partial charge >= 0.3 is 24.3 Å². The van der Waals surface area contributed by atoms with Gasteiger partial charge in [0.1, 0.15) is 40.3 Å². The van der Waals surface area contributed by atoms with Crippen molar-refractivity contribution >= 4 is 81.7 Å². The number of hydrogen-bond acceptors (Lipinski definition) is 16. The molecule has 3 fully saturated rings. The monoisotopic (exact) mass is 1460 g/mol. The molecule has 3 aliphatic rings. The van der Waals surface area contributed by atoms with Gasteiger partial charge in [0, 0.05) is 135 Å². The van der Waals surface area contributed by atoms with Gasteiger partial charge in [-0.2, -0.15) is 28.5 Å². The number of nitrogens with two attached hydrogens (primary N) is 3. The first kappa shape index (κ1) is 71.5. The van der Waals surface area contributed by atoms with Crippen LogP contribution in [0.2, 0.25) is 5.02 Å². The molecule has 0 atom stereocenters. The summed E-state index contributed by atoms with van der Waals surface area (Å²) in [7, 11) is 1.59. The topological polar surface area (TPSA) is 289 Å². The highest BCUT2D eigenvalue weighted by molar-refractivity contribution is 6.30. The molecule has 6 N–H and O–H groups in total. The van der Waals surface area contributed by atoms with Crippen molar-refractivity contribution in [2.45, 2.75) is 46.6 Å². The molecule has 6 aromatic carbocycles. The molecule has 32 heteroatoms. The number of methoxy groups -OCH3 is 1. The fraction of sp³-hybridized carbons (Fsp3) is 0.189. The highest BCUT2D eigenvalue weighted by Gasteiger charge is 2.37. The molecule has 15 rings (SSSR count). The molecule has 6 aromatic heterocycles. The lowest BCUT2D eigenvalue weighted by atomic mass is 10.0. The predicted molar refractivity (Wildman–Crippen MR) is 392 cm³/mol. The number of alkyl halides is 3. The maximum Gasteiger partial charge on any atom is 0.416 e. The molecule has 0 unspecified atom stereocenters. The summed E-state index contributed by atoms with van der Waals surface area (Å²) in [6.45, 7) is 9.65. The van der Waals surface area contributed by atoms with Gasteiger partial charge in [0.05, 0.1) is 46.8 Å². The molecule has 0 spiro atoms. The number of amides is 6. The van der Waals surface area contributed by atoms with Crippen LogP contribution in [0.3, 0.4) is 0 Å². The third kappa shape index (κ3) is 14.8. The van der Waals surface area contributed by atoms with Gasteiger partial charge in [0.2, 0.25) is 17.8 Å².